The molecular formula is C7H8N2O2. The lowest BCUT2D eigenvalue weighted by atomic mass is 10.1. The number of rotatable bonds is 2. The minimum Gasteiger partial charge on any atom is -0.491 e. The fraction of sp³-hybridized carbons (Fsp3) is 0.429. The van der Waals surface area contributed by atoms with Crippen molar-refractivity contribution in [2.45, 2.75) is 19.3 Å². The van der Waals surface area contributed by atoms with E-state index in [1.54, 1.807) is 0 Å². The van der Waals surface area contributed by atoms with Gasteiger partial charge in [0.2, 0.25) is 0 Å². The standard InChI is InChI=1S/C7H8N2O2/c1-5(2-3-8)6-4-7(10)9-11-6/h4-5H,2H2,1H3,(H,9,10)/t5-/m1/s1. The van der Waals surface area contributed by atoms with Gasteiger partial charge in [0.05, 0.1) is 6.07 Å². The minimum absolute atomic E-state index is 0.00611. The molecule has 0 aliphatic rings. The first-order valence-electron chi connectivity index (χ1n) is 3.26. The number of aromatic hydroxyl groups is 1. The molecule has 4 nitrogen and oxygen atoms in total. The lowest BCUT2D eigenvalue weighted by molar-refractivity contribution is 0.332. The van der Waals surface area contributed by atoms with Crippen LogP contribution < -0.4 is 0 Å². The molecule has 0 saturated heterocycles. The van der Waals surface area contributed by atoms with Gasteiger partial charge in [-0.1, -0.05) is 6.92 Å². The number of hydrogen-bond acceptors (Lipinski definition) is 4. The van der Waals surface area contributed by atoms with Crippen molar-refractivity contribution in [1.82, 2.24) is 5.16 Å². The Morgan fingerprint density at radius 3 is 3.09 bits per heavy atom. The Bertz CT molecular complexity index is 274. The predicted octanol–water partition coefficient (Wildman–Crippen LogP) is 1.40. The van der Waals surface area contributed by atoms with Gasteiger partial charge in [-0.2, -0.15) is 5.26 Å². The van der Waals surface area contributed by atoms with Crippen LogP contribution in [-0.4, -0.2) is 10.3 Å². The lowest BCUT2D eigenvalue weighted by Gasteiger charge is -1.97. The van der Waals surface area contributed by atoms with Crippen LogP contribution in [0.4, 0.5) is 0 Å². The van der Waals surface area contributed by atoms with Crippen molar-refractivity contribution >= 4 is 0 Å². The summed E-state index contributed by atoms with van der Waals surface area (Å²) < 4.78 is 4.73. The Morgan fingerprint density at radius 2 is 2.64 bits per heavy atom. The Balaban J connectivity index is 2.70. The normalized spacial score (nSPS) is 12.4. The second kappa shape index (κ2) is 3.06. The van der Waals surface area contributed by atoms with Crippen molar-refractivity contribution in [1.29, 1.82) is 5.26 Å². The van der Waals surface area contributed by atoms with Gasteiger partial charge in [0, 0.05) is 18.4 Å². The molecule has 0 aliphatic carbocycles. The highest BCUT2D eigenvalue weighted by Gasteiger charge is 2.10. The van der Waals surface area contributed by atoms with Crippen molar-refractivity contribution in [3.8, 4) is 11.9 Å². The van der Waals surface area contributed by atoms with E-state index in [1.165, 1.54) is 6.07 Å². The molecule has 1 atom stereocenters. The number of hydrogen-bond donors (Lipinski definition) is 1. The molecule has 1 rings (SSSR count). The molecule has 1 aromatic rings. The maximum atomic E-state index is 8.78. The Morgan fingerprint density at radius 1 is 1.91 bits per heavy atom. The van der Waals surface area contributed by atoms with E-state index in [2.05, 4.69) is 5.16 Å². The van der Waals surface area contributed by atoms with Gasteiger partial charge in [-0.3, -0.25) is 0 Å². The van der Waals surface area contributed by atoms with E-state index in [4.69, 9.17) is 14.9 Å². The summed E-state index contributed by atoms with van der Waals surface area (Å²) in [6.45, 7) is 1.84. The van der Waals surface area contributed by atoms with Gasteiger partial charge >= 0.3 is 0 Å². The zero-order valence-electron chi connectivity index (χ0n) is 6.11. The summed E-state index contributed by atoms with van der Waals surface area (Å²) in [7, 11) is 0. The van der Waals surface area contributed by atoms with E-state index in [9.17, 15) is 0 Å². The fourth-order valence-corrected chi connectivity index (χ4v) is 0.749. The molecule has 4 heteroatoms. The molecule has 0 unspecified atom stereocenters. The van der Waals surface area contributed by atoms with Gasteiger partial charge in [0.25, 0.3) is 5.88 Å². The number of aromatic nitrogens is 1. The topological polar surface area (TPSA) is 70.0 Å². The van der Waals surface area contributed by atoms with Gasteiger partial charge in [0.15, 0.2) is 0 Å². The molecule has 0 aliphatic heterocycles. The summed E-state index contributed by atoms with van der Waals surface area (Å²) in [5.41, 5.74) is 0. The van der Waals surface area contributed by atoms with E-state index in [-0.39, 0.29) is 11.8 Å². The molecule has 11 heavy (non-hydrogen) atoms. The smallest absolute Gasteiger partial charge is 0.251 e. The zero-order valence-corrected chi connectivity index (χ0v) is 6.11. The Kier molecular flexibility index (Phi) is 2.12. The summed E-state index contributed by atoms with van der Waals surface area (Å²) in [6, 6.07) is 3.42. The van der Waals surface area contributed by atoms with E-state index < -0.39 is 0 Å². The van der Waals surface area contributed by atoms with Gasteiger partial charge < -0.3 is 9.63 Å². The Hall–Kier alpha value is -1.50. The van der Waals surface area contributed by atoms with Crippen LogP contribution >= 0.6 is 0 Å². The van der Waals surface area contributed by atoms with Crippen LogP contribution in [0.1, 0.15) is 25.0 Å². The van der Waals surface area contributed by atoms with Crippen molar-refractivity contribution in [2.24, 2.45) is 0 Å². The minimum atomic E-state index is -0.134. The van der Waals surface area contributed by atoms with Crippen LogP contribution in [0.3, 0.4) is 0 Å². The summed E-state index contributed by atoms with van der Waals surface area (Å²) in [5.74, 6) is 0.405. The first-order chi connectivity index (χ1) is 5.24. The third-order valence-corrected chi connectivity index (χ3v) is 1.40. The number of nitriles is 1. The maximum absolute atomic E-state index is 8.78. The molecule has 0 bridgehead atoms. The second-order valence-corrected chi connectivity index (χ2v) is 2.35. The first-order valence-corrected chi connectivity index (χ1v) is 3.26. The molecule has 1 aromatic heterocycles. The lowest BCUT2D eigenvalue weighted by Crippen LogP contribution is -1.87. The SMILES string of the molecule is C[C@H](CC#N)c1cc(O)no1. The largest absolute Gasteiger partial charge is 0.491 e. The average molecular weight is 152 g/mol. The molecule has 0 aromatic carbocycles. The third-order valence-electron chi connectivity index (χ3n) is 1.40. The van der Waals surface area contributed by atoms with Crippen LogP contribution in [-0.2, 0) is 0 Å². The second-order valence-electron chi connectivity index (χ2n) is 2.35. The molecule has 0 spiro atoms. The van der Waals surface area contributed by atoms with E-state index in [0.29, 0.717) is 12.2 Å². The summed E-state index contributed by atoms with van der Waals surface area (Å²) >= 11 is 0. The molecule has 0 fully saturated rings. The van der Waals surface area contributed by atoms with Gasteiger partial charge in [-0.15, -0.1) is 0 Å². The van der Waals surface area contributed by atoms with Crippen molar-refractivity contribution in [2.75, 3.05) is 0 Å². The van der Waals surface area contributed by atoms with E-state index in [0.717, 1.165) is 0 Å². The maximum Gasteiger partial charge on any atom is 0.251 e. The third kappa shape index (κ3) is 1.71. The van der Waals surface area contributed by atoms with Crippen LogP contribution in [0.15, 0.2) is 10.6 Å². The summed E-state index contributed by atoms with van der Waals surface area (Å²) in [4.78, 5) is 0. The van der Waals surface area contributed by atoms with Crippen LogP contribution in [0.25, 0.3) is 0 Å². The van der Waals surface area contributed by atoms with Gasteiger partial charge in [-0.05, 0) is 5.16 Å². The molecule has 1 N–H and O–H groups in total. The molecule has 0 radical (unpaired) electrons. The van der Waals surface area contributed by atoms with Crippen LogP contribution in [0.2, 0.25) is 0 Å². The summed E-state index contributed by atoms with van der Waals surface area (Å²) in [5, 5.41) is 20.4. The van der Waals surface area contributed by atoms with Gasteiger partial charge in [-0.25, -0.2) is 0 Å². The Labute approximate surface area is 64.0 Å². The van der Waals surface area contributed by atoms with Gasteiger partial charge in [0.1, 0.15) is 5.76 Å². The fourth-order valence-electron chi connectivity index (χ4n) is 0.749. The van der Waals surface area contributed by atoms with Crippen molar-refractivity contribution in [3.05, 3.63) is 11.8 Å². The predicted molar refractivity (Wildman–Crippen MR) is 36.8 cm³/mol. The number of nitrogens with zero attached hydrogens (tertiary/aromatic N) is 2. The van der Waals surface area contributed by atoms with Crippen LogP contribution in [0, 0.1) is 11.3 Å². The molecule has 58 valence electrons. The average Bonchev–Trinajstić information content (AvgIpc) is 2.36. The van der Waals surface area contributed by atoms with E-state index >= 15 is 0 Å². The van der Waals surface area contributed by atoms with Crippen molar-refractivity contribution in [3.63, 3.8) is 0 Å². The molecule has 1 heterocycles. The molecular weight excluding hydrogens is 144 g/mol. The van der Waals surface area contributed by atoms with E-state index in [1.807, 2.05) is 13.0 Å². The zero-order chi connectivity index (χ0) is 8.27. The van der Waals surface area contributed by atoms with Crippen LogP contribution in [0.5, 0.6) is 5.88 Å². The quantitative estimate of drug-likeness (QED) is 0.695. The summed E-state index contributed by atoms with van der Waals surface area (Å²) in [6.07, 6.45) is 0.370. The highest BCUT2D eigenvalue weighted by molar-refractivity contribution is 5.13. The first kappa shape index (κ1) is 7.61. The molecule has 0 saturated carbocycles. The monoisotopic (exact) mass is 152 g/mol. The highest BCUT2D eigenvalue weighted by atomic mass is 16.5. The van der Waals surface area contributed by atoms with Crippen molar-refractivity contribution < 1.29 is 9.63 Å². The highest BCUT2D eigenvalue weighted by Crippen LogP contribution is 2.21. The molecule has 0 amide bonds.